The Kier molecular flexibility index (Phi) is 5.12. The summed E-state index contributed by atoms with van der Waals surface area (Å²) in [5, 5.41) is 3.74. The number of hydrogen-bond acceptors (Lipinski definition) is 2. The molecule has 2 heteroatoms. The van der Waals surface area contributed by atoms with Crippen LogP contribution >= 0.6 is 0 Å². The molecule has 0 aliphatic heterocycles. The molecule has 0 amide bonds. The van der Waals surface area contributed by atoms with Crippen molar-refractivity contribution >= 4 is 5.69 Å². The zero-order valence-electron chi connectivity index (χ0n) is 12.5. The Balaban J connectivity index is 2.10. The van der Waals surface area contributed by atoms with Crippen LogP contribution in [0.15, 0.2) is 24.3 Å². The lowest BCUT2D eigenvalue weighted by Crippen LogP contribution is -2.35. The van der Waals surface area contributed by atoms with E-state index < -0.39 is 0 Å². The van der Waals surface area contributed by atoms with E-state index in [1.165, 1.54) is 25.7 Å². The van der Waals surface area contributed by atoms with Crippen LogP contribution in [0.1, 0.15) is 46.5 Å². The van der Waals surface area contributed by atoms with Gasteiger partial charge in [0.1, 0.15) is 5.75 Å². The Morgan fingerprint density at radius 3 is 2.68 bits per heavy atom. The van der Waals surface area contributed by atoms with Crippen LogP contribution in [0.5, 0.6) is 5.75 Å². The van der Waals surface area contributed by atoms with Gasteiger partial charge in [0.05, 0.1) is 12.3 Å². The molecule has 2 nitrogen and oxygen atoms in total. The molecule has 0 saturated heterocycles. The predicted octanol–water partition coefficient (Wildman–Crippen LogP) is 4.71. The number of nitrogens with one attached hydrogen (secondary N) is 1. The number of para-hydroxylation sites is 2. The first kappa shape index (κ1) is 14.2. The van der Waals surface area contributed by atoms with E-state index in [4.69, 9.17) is 4.74 Å². The monoisotopic (exact) mass is 261 g/mol. The Morgan fingerprint density at radius 2 is 1.95 bits per heavy atom. The zero-order chi connectivity index (χ0) is 13.7. The normalized spacial score (nSPS) is 23.4. The van der Waals surface area contributed by atoms with Gasteiger partial charge in [0.25, 0.3) is 0 Å². The van der Waals surface area contributed by atoms with Crippen LogP contribution in [-0.2, 0) is 0 Å². The molecule has 1 saturated carbocycles. The molecule has 1 aromatic carbocycles. The van der Waals surface area contributed by atoms with Gasteiger partial charge in [-0.1, -0.05) is 38.8 Å². The minimum absolute atomic E-state index is 0.593. The maximum atomic E-state index is 5.71. The topological polar surface area (TPSA) is 21.3 Å². The standard InChI is InChI=1S/C17H27NO/c1-4-19-17-12-8-7-11-16(17)18-15-10-6-5-9-14(15)13(2)3/h7-8,11-15,18H,4-6,9-10H2,1-3H3. The predicted molar refractivity (Wildman–Crippen MR) is 81.8 cm³/mol. The number of rotatable bonds is 5. The highest BCUT2D eigenvalue weighted by molar-refractivity contribution is 5.56. The van der Waals surface area contributed by atoms with Crippen molar-refractivity contribution in [1.82, 2.24) is 0 Å². The summed E-state index contributed by atoms with van der Waals surface area (Å²) in [5.41, 5.74) is 1.15. The van der Waals surface area contributed by atoms with Crippen LogP contribution < -0.4 is 10.1 Å². The quantitative estimate of drug-likeness (QED) is 0.828. The molecule has 2 unspecified atom stereocenters. The van der Waals surface area contributed by atoms with Crippen molar-refractivity contribution in [3.05, 3.63) is 24.3 Å². The minimum atomic E-state index is 0.593. The maximum absolute atomic E-state index is 5.71. The number of anilines is 1. The average Bonchev–Trinajstić information content (AvgIpc) is 2.42. The van der Waals surface area contributed by atoms with Gasteiger partial charge in [0.15, 0.2) is 0 Å². The third kappa shape index (κ3) is 3.65. The van der Waals surface area contributed by atoms with Crippen LogP contribution in [0.3, 0.4) is 0 Å². The number of ether oxygens (including phenoxy) is 1. The molecule has 1 aliphatic carbocycles. The lowest BCUT2D eigenvalue weighted by Gasteiger charge is -2.35. The third-order valence-corrected chi connectivity index (χ3v) is 4.20. The molecule has 2 rings (SSSR count). The minimum Gasteiger partial charge on any atom is -0.492 e. The molecule has 1 fully saturated rings. The summed E-state index contributed by atoms with van der Waals surface area (Å²) in [5.74, 6) is 2.51. The van der Waals surface area contributed by atoms with Crippen molar-refractivity contribution in [1.29, 1.82) is 0 Å². The van der Waals surface area contributed by atoms with Gasteiger partial charge in [-0.3, -0.25) is 0 Å². The van der Waals surface area contributed by atoms with Crippen LogP contribution in [0.4, 0.5) is 5.69 Å². The molecule has 0 bridgehead atoms. The van der Waals surface area contributed by atoms with Gasteiger partial charge >= 0.3 is 0 Å². The largest absolute Gasteiger partial charge is 0.492 e. The third-order valence-electron chi connectivity index (χ3n) is 4.20. The summed E-state index contributed by atoms with van der Waals surface area (Å²) < 4.78 is 5.71. The molecule has 1 aliphatic rings. The van der Waals surface area contributed by atoms with Crippen LogP contribution in [-0.4, -0.2) is 12.6 Å². The summed E-state index contributed by atoms with van der Waals surface area (Å²) in [6.07, 6.45) is 5.36. The van der Waals surface area contributed by atoms with Crippen LogP contribution in [0, 0.1) is 11.8 Å². The number of hydrogen-bond donors (Lipinski definition) is 1. The van der Waals surface area contributed by atoms with E-state index in [0.717, 1.165) is 29.9 Å². The fraction of sp³-hybridized carbons (Fsp3) is 0.647. The van der Waals surface area contributed by atoms with Gasteiger partial charge in [-0.15, -0.1) is 0 Å². The van der Waals surface area contributed by atoms with E-state index in [1.54, 1.807) is 0 Å². The maximum Gasteiger partial charge on any atom is 0.142 e. The van der Waals surface area contributed by atoms with Crippen LogP contribution in [0.25, 0.3) is 0 Å². The van der Waals surface area contributed by atoms with Gasteiger partial charge in [-0.2, -0.15) is 0 Å². The summed E-state index contributed by atoms with van der Waals surface area (Å²) >= 11 is 0. The lowest BCUT2D eigenvalue weighted by molar-refractivity contribution is 0.253. The summed E-state index contributed by atoms with van der Waals surface area (Å²) in [6, 6.07) is 8.90. The molecule has 19 heavy (non-hydrogen) atoms. The Morgan fingerprint density at radius 1 is 1.21 bits per heavy atom. The van der Waals surface area contributed by atoms with Crippen molar-refractivity contribution in [3.8, 4) is 5.75 Å². The van der Waals surface area contributed by atoms with Crippen molar-refractivity contribution < 1.29 is 4.74 Å². The van der Waals surface area contributed by atoms with E-state index in [-0.39, 0.29) is 0 Å². The highest BCUT2D eigenvalue weighted by atomic mass is 16.5. The number of benzene rings is 1. The second-order valence-electron chi connectivity index (χ2n) is 5.87. The van der Waals surface area contributed by atoms with E-state index in [0.29, 0.717) is 6.04 Å². The summed E-state index contributed by atoms with van der Waals surface area (Å²) in [7, 11) is 0. The molecule has 106 valence electrons. The molecule has 0 heterocycles. The van der Waals surface area contributed by atoms with Gasteiger partial charge in [-0.25, -0.2) is 0 Å². The van der Waals surface area contributed by atoms with Gasteiger partial charge in [0.2, 0.25) is 0 Å². The van der Waals surface area contributed by atoms with Crippen molar-refractivity contribution in [2.24, 2.45) is 11.8 Å². The molecule has 2 atom stereocenters. The first-order chi connectivity index (χ1) is 9.22. The Bertz CT molecular complexity index is 389. The fourth-order valence-electron chi connectivity index (χ4n) is 3.20. The zero-order valence-corrected chi connectivity index (χ0v) is 12.5. The first-order valence-electron chi connectivity index (χ1n) is 7.70. The SMILES string of the molecule is CCOc1ccccc1NC1CCCCC1C(C)C. The van der Waals surface area contributed by atoms with Crippen molar-refractivity contribution in [2.75, 3.05) is 11.9 Å². The average molecular weight is 261 g/mol. The fourth-order valence-corrected chi connectivity index (χ4v) is 3.20. The molecule has 0 radical (unpaired) electrons. The molecular formula is C17H27NO. The first-order valence-corrected chi connectivity index (χ1v) is 7.70. The second kappa shape index (κ2) is 6.83. The highest BCUT2D eigenvalue weighted by Crippen LogP contribution is 2.34. The molecule has 0 aromatic heterocycles. The second-order valence-corrected chi connectivity index (χ2v) is 5.87. The summed E-state index contributed by atoms with van der Waals surface area (Å²) in [6.45, 7) is 7.45. The molecular weight excluding hydrogens is 234 g/mol. The van der Waals surface area contributed by atoms with Crippen LogP contribution in [0.2, 0.25) is 0 Å². The van der Waals surface area contributed by atoms with E-state index >= 15 is 0 Å². The lowest BCUT2D eigenvalue weighted by atomic mass is 9.78. The van der Waals surface area contributed by atoms with Crippen molar-refractivity contribution in [2.45, 2.75) is 52.5 Å². The van der Waals surface area contributed by atoms with Gasteiger partial charge in [-0.05, 0) is 43.7 Å². The van der Waals surface area contributed by atoms with E-state index in [9.17, 15) is 0 Å². The smallest absolute Gasteiger partial charge is 0.142 e. The van der Waals surface area contributed by atoms with E-state index in [1.807, 2.05) is 13.0 Å². The Labute approximate surface area is 117 Å². The van der Waals surface area contributed by atoms with Gasteiger partial charge in [0, 0.05) is 6.04 Å². The van der Waals surface area contributed by atoms with Crippen molar-refractivity contribution in [3.63, 3.8) is 0 Å². The Hall–Kier alpha value is -1.18. The molecule has 1 N–H and O–H groups in total. The molecule has 0 spiro atoms. The summed E-state index contributed by atoms with van der Waals surface area (Å²) in [4.78, 5) is 0. The molecule has 1 aromatic rings. The van der Waals surface area contributed by atoms with Gasteiger partial charge < -0.3 is 10.1 Å². The van der Waals surface area contributed by atoms with E-state index in [2.05, 4.69) is 37.4 Å². The highest BCUT2D eigenvalue weighted by Gasteiger charge is 2.27.